The van der Waals surface area contributed by atoms with Gasteiger partial charge in [-0.25, -0.2) is 9.59 Å². The van der Waals surface area contributed by atoms with Crippen molar-refractivity contribution in [2.75, 3.05) is 0 Å². The van der Waals surface area contributed by atoms with Crippen LogP contribution in [0.4, 0.5) is 0 Å². The van der Waals surface area contributed by atoms with E-state index in [9.17, 15) is 9.59 Å². The second kappa shape index (κ2) is 11.1. The summed E-state index contributed by atoms with van der Waals surface area (Å²) in [6.07, 6.45) is 1.91. The fraction of sp³-hybridized carbons (Fsp3) is 0.909. The van der Waals surface area contributed by atoms with Crippen LogP contribution in [0.3, 0.4) is 0 Å². The summed E-state index contributed by atoms with van der Waals surface area (Å²) in [5.41, 5.74) is -0.419. The molecule has 0 amide bonds. The first kappa shape index (κ1) is 29.1. The van der Waals surface area contributed by atoms with Crippen LogP contribution >= 0.6 is 0 Å². The molecular weight excluding hydrogens is 360 g/mol. The van der Waals surface area contributed by atoms with Gasteiger partial charge in [-0.2, -0.15) is 10.1 Å². The first-order valence-corrected chi connectivity index (χ1v) is 9.92. The highest BCUT2D eigenvalue weighted by Gasteiger charge is 2.36. The van der Waals surface area contributed by atoms with Crippen LogP contribution in [0.25, 0.3) is 0 Å². The summed E-state index contributed by atoms with van der Waals surface area (Å²) in [4.78, 5) is 36.0. The van der Waals surface area contributed by atoms with Gasteiger partial charge in [-0.3, -0.25) is 4.89 Å². The third-order valence-electron chi connectivity index (χ3n) is 3.70. The number of hydrogen-bond acceptors (Lipinski definition) is 6. The van der Waals surface area contributed by atoms with E-state index in [4.69, 9.17) is 10.1 Å². The van der Waals surface area contributed by atoms with Crippen molar-refractivity contribution < 1.29 is 29.5 Å². The van der Waals surface area contributed by atoms with Crippen LogP contribution in [0.2, 0.25) is 0 Å². The zero-order chi connectivity index (χ0) is 23.0. The van der Waals surface area contributed by atoms with E-state index >= 15 is 0 Å². The summed E-state index contributed by atoms with van der Waals surface area (Å²) in [7, 11) is 0. The summed E-state index contributed by atoms with van der Waals surface area (Å²) in [5.74, 6) is -1.10. The number of hydrogen-bond donors (Lipinski definition) is 1. The van der Waals surface area contributed by atoms with Crippen LogP contribution in [0.1, 0.15) is 102 Å². The van der Waals surface area contributed by atoms with Gasteiger partial charge >= 0.3 is 11.9 Å². The molecule has 0 radical (unpaired) electrons. The molecule has 0 saturated carbocycles. The van der Waals surface area contributed by atoms with Crippen molar-refractivity contribution in [1.29, 1.82) is 0 Å². The molecule has 0 saturated heterocycles. The third-order valence-corrected chi connectivity index (χ3v) is 3.70. The molecule has 0 fully saturated rings. The molecular formula is C22H44O6. The van der Waals surface area contributed by atoms with E-state index in [-0.39, 0.29) is 28.1 Å². The lowest BCUT2D eigenvalue weighted by Gasteiger charge is -2.32. The molecule has 0 bridgehead atoms. The Hall–Kier alpha value is -1.14. The molecule has 168 valence electrons. The third kappa shape index (κ3) is 18.2. The van der Waals surface area contributed by atoms with Gasteiger partial charge in [0.15, 0.2) is 0 Å². The molecule has 1 atom stereocenters. The summed E-state index contributed by atoms with van der Waals surface area (Å²) in [5, 5.41) is 8.42. The Morgan fingerprint density at radius 3 is 1.57 bits per heavy atom. The Labute approximate surface area is 172 Å². The summed E-state index contributed by atoms with van der Waals surface area (Å²) in [6, 6.07) is 0. The Morgan fingerprint density at radius 2 is 1.29 bits per heavy atom. The van der Waals surface area contributed by atoms with Crippen molar-refractivity contribution in [3.63, 3.8) is 0 Å². The van der Waals surface area contributed by atoms with Crippen LogP contribution in [-0.4, -0.2) is 22.8 Å². The number of carbonyl (C=O) groups is 2. The van der Waals surface area contributed by atoms with Crippen molar-refractivity contribution >= 4 is 11.9 Å². The highest BCUT2D eigenvalue weighted by Crippen LogP contribution is 2.36. The molecule has 1 unspecified atom stereocenters. The maximum absolute atomic E-state index is 11.4. The first-order chi connectivity index (χ1) is 12.2. The van der Waals surface area contributed by atoms with Gasteiger partial charge in [0.05, 0.1) is 5.92 Å². The molecule has 6 nitrogen and oxygen atoms in total. The molecule has 0 aromatic carbocycles. The average molecular weight is 405 g/mol. The minimum atomic E-state index is -0.535. The quantitative estimate of drug-likeness (QED) is 0.435. The maximum atomic E-state index is 11.4. The predicted octanol–water partition coefficient (Wildman–Crippen LogP) is 6.19. The van der Waals surface area contributed by atoms with Crippen molar-refractivity contribution in [2.24, 2.45) is 22.2 Å². The van der Waals surface area contributed by atoms with E-state index in [0.29, 0.717) is 12.8 Å². The van der Waals surface area contributed by atoms with Gasteiger partial charge in [-0.1, -0.05) is 62.3 Å². The Kier molecular flexibility index (Phi) is 11.6. The van der Waals surface area contributed by atoms with Crippen LogP contribution in [0.15, 0.2) is 0 Å². The van der Waals surface area contributed by atoms with E-state index in [1.54, 1.807) is 0 Å². The minimum absolute atomic E-state index is 0.0478. The second-order valence-corrected chi connectivity index (χ2v) is 11.8. The Morgan fingerprint density at radius 1 is 0.821 bits per heavy atom. The lowest BCUT2D eigenvalue weighted by Crippen LogP contribution is -2.33. The summed E-state index contributed by atoms with van der Waals surface area (Å²) >= 11 is 0. The highest BCUT2D eigenvalue weighted by molar-refractivity contribution is 5.72. The molecule has 0 aliphatic carbocycles. The molecule has 0 aromatic rings. The Bertz CT molecular complexity index is 449. The smallest absolute Gasteiger partial charge is 0.301 e. The van der Waals surface area contributed by atoms with Gasteiger partial charge < -0.3 is 4.89 Å². The molecule has 1 N–H and O–H groups in total. The lowest BCUT2D eigenvalue weighted by molar-refractivity contribution is -0.320. The van der Waals surface area contributed by atoms with Crippen molar-refractivity contribution in [2.45, 2.75) is 108 Å². The number of carbonyl (C=O) groups excluding carboxylic acids is 2. The predicted molar refractivity (Wildman–Crippen MR) is 111 cm³/mol. The fourth-order valence-corrected chi connectivity index (χ4v) is 2.11. The van der Waals surface area contributed by atoms with Gasteiger partial charge in [0, 0.05) is 6.42 Å². The van der Waals surface area contributed by atoms with Crippen molar-refractivity contribution in [1.82, 2.24) is 0 Å². The normalized spacial score (nSPS) is 13.9. The van der Waals surface area contributed by atoms with E-state index in [2.05, 4.69) is 51.3 Å². The van der Waals surface area contributed by atoms with E-state index in [1.807, 2.05) is 41.5 Å². The average Bonchev–Trinajstić information content (AvgIpc) is 2.45. The standard InChI is InChI=1S/2C11H22O3/c1-10(2,3)7-8(9(12)14-13)11(4,5)6;1-10(2,3)8-7-9(12)13-14-11(4,5)6/h8,13H,7H2,1-6H3;7-8H2,1-6H3. The zero-order valence-corrected chi connectivity index (χ0v) is 20.2. The van der Waals surface area contributed by atoms with E-state index < -0.39 is 11.6 Å². The molecule has 0 aliphatic rings. The fourth-order valence-electron chi connectivity index (χ4n) is 2.11. The van der Waals surface area contributed by atoms with E-state index in [1.165, 1.54) is 0 Å². The molecule has 0 rings (SSSR count). The largest absolute Gasteiger partial charge is 0.345 e. The number of rotatable bonds is 5. The second-order valence-electron chi connectivity index (χ2n) is 11.8. The van der Waals surface area contributed by atoms with Crippen LogP contribution in [-0.2, 0) is 24.3 Å². The van der Waals surface area contributed by atoms with Crippen molar-refractivity contribution in [3.8, 4) is 0 Å². The molecule has 28 heavy (non-hydrogen) atoms. The first-order valence-electron chi connectivity index (χ1n) is 9.92. The van der Waals surface area contributed by atoms with Gasteiger partial charge in [0.25, 0.3) is 0 Å². The Balaban J connectivity index is 0. The summed E-state index contributed by atoms with van der Waals surface area (Å²) < 4.78 is 0. The molecule has 0 aromatic heterocycles. The topological polar surface area (TPSA) is 82.1 Å². The van der Waals surface area contributed by atoms with Crippen LogP contribution in [0, 0.1) is 22.2 Å². The molecule has 6 heteroatoms. The maximum Gasteiger partial charge on any atom is 0.345 e. The SMILES string of the molecule is CC(C)(C)CC(C(=O)OO)C(C)(C)C.CC(C)(C)CCC(=O)OOC(C)(C)C. The van der Waals surface area contributed by atoms with Gasteiger partial charge in [-0.15, -0.1) is 0 Å². The van der Waals surface area contributed by atoms with Crippen LogP contribution in [0.5, 0.6) is 0 Å². The van der Waals surface area contributed by atoms with Gasteiger partial charge in [0.2, 0.25) is 0 Å². The summed E-state index contributed by atoms with van der Waals surface area (Å²) in [6.45, 7) is 23.9. The van der Waals surface area contributed by atoms with E-state index in [0.717, 1.165) is 6.42 Å². The highest BCUT2D eigenvalue weighted by atomic mass is 17.2. The molecule has 0 spiro atoms. The monoisotopic (exact) mass is 404 g/mol. The van der Waals surface area contributed by atoms with Gasteiger partial charge in [-0.05, 0) is 49.9 Å². The molecule has 0 heterocycles. The molecule has 0 aliphatic heterocycles. The lowest BCUT2D eigenvalue weighted by atomic mass is 9.72. The van der Waals surface area contributed by atoms with Crippen LogP contribution < -0.4 is 0 Å². The van der Waals surface area contributed by atoms with Crippen molar-refractivity contribution in [3.05, 3.63) is 0 Å². The minimum Gasteiger partial charge on any atom is -0.301 e. The van der Waals surface area contributed by atoms with Gasteiger partial charge in [0.1, 0.15) is 5.60 Å². The zero-order valence-electron chi connectivity index (χ0n) is 20.2.